The van der Waals surface area contributed by atoms with Crippen molar-refractivity contribution in [3.05, 3.63) is 18.0 Å². The summed E-state index contributed by atoms with van der Waals surface area (Å²) in [4.78, 5) is 30.1. The third-order valence-corrected chi connectivity index (χ3v) is 5.68. The molecule has 31 heavy (non-hydrogen) atoms. The summed E-state index contributed by atoms with van der Waals surface area (Å²) in [6, 6.07) is 1.66. The van der Waals surface area contributed by atoms with Gasteiger partial charge in [-0.05, 0) is 32.3 Å². The van der Waals surface area contributed by atoms with Gasteiger partial charge in [-0.15, -0.1) is 0 Å². The zero-order valence-electron chi connectivity index (χ0n) is 18.6. The molecule has 9 heteroatoms. The van der Waals surface area contributed by atoms with Gasteiger partial charge in [0, 0.05) is 24.0 Å². The number of nitrogens with one attached hydrogen (secondary N) is 2. The zero-order chi connectivity index (χ0) is 22.5. The number of amides is 1. The van der Waals surface area contributed by atoms with Crippen molar-refractivity contribution in [3.63, 3.8) is 0 Å². The van der Waals surface area contributed by atoms with Crippen LogP contribution in [-0.2, 0) is 20.8 Å². The van der Waals surface area contributed by atoms with Crippen LogP contribution in [0.2, 0.25) is 0 Å². The van der Waals surface area contributed by atoms with Gasteiger partial charge in [-0.25, -0.2) is 9.78 Å². The van der Waals surface area contributed by atoms with Gasteiger partial charge in [0.25, 0.3) is 0 Å². The summed E-state index contributed by atoms with van der Waals surface area (Å²) in [7, 11) is 1.32. The number of anilines is 2. The second-order valence-electron chi connectivity index (χ2n) is 8.08. The first kappa shape index (κ1) is 23.0. The average molecular weight is 433 g/mol. The number of methoxy groups -OCH3 is 1. The first-order chi connectivity index (χ1) is 14.9. The van der Waals surface area contributed by atoms with Crippen LogP contribution >= 0.6 is 0 Å². The van der Waals surface area contributed by atoms with E-state index in [0.717, 1.165) is 12.8 Å². The Labute approximate surface area is 182 Å². The molecule has 1 fully saturated rings. The van der Waals surface area contributed by atoms with Gasteiger partial charge in [0.05, 0.1) is 43.9 Å². The van der Waals surface area contributed by atoms with Crippen molar-refractivity contribution in [2.75, 3.05) is 31.0 Å². The number of rotatable bonds is 9. The van der Waals surface area contributed by atoms with Crippen molar-refractivity contribution in [1.29, 1.82) is 0 Å². The molecule has 2 aromatic rings. The molecule has 3 heterocycles. The van der Waals surface area contributed by atoms with Crippen LogP contribution in [0.15, 0.2) is 12.3 Å². The second kappa shape index (κ2) is 10.1. The van der Waals surface area contributed by atoms with E-state index in [1.54, 1.807) is 10.8 Å². The summed E-state index contributed by atoms with van der Waals surface area (Å²) in [6.45, 7) is 6.71. The van der Waals surface area contributed by atoms with Crippen molar-refractivity contribution in [1.82, 2.24) is 9.55 Å². The smallest absolute Gasteiger partial charge is 0.356 e. The number of aliphatic hydroxyl groups excluding tert-OH is 1. The van der Waals surface area contributed by atoms with Crippen LogP contribution in [0.3, 0.4) is 0 Å². The maximum atomic E-state index is 12.8. The molecule has 1 aliphatic rings. The minimum absolute atomic E-state index is 0.0360. The molecule has 3 rings (SSSR count). The van der Waals surface area contributed by atoms with Gasteiger partial charge in [-0.2, -0.15) is 0 Å². The highest BCUT2D eigenvalue weighted by atomic mass is 16.5. The molecule has 0 radical (unpaired) electrons. The number of nitrogens with zero attached hydrogens (tertiary/aromatic N) is 2. The predicted molar refractivity (Wildman–Crippen MR) is 118 cm³/mol. The minimum atomic E-state index is -0.548. The molecule has 2 aromatic heterocycles. The Kier molecular flexibility index (Phi) is 7.50. The number of pyridine rings is 1. The summed E-state index contributed by atoms with van der Waals surface area (Å²) in [6.07, 6.45) is 4.15. The van der Waals surface area contributed by atoms with Crippen LogP contribution < -0.4 is 10.6 Å². The maximum Gasteiger partial charge on any atom is 0.356 e. The van der Waals surface area contributed by atoms with Gasteiger partial charge in [0.15, 0.2) is 5.69 Å². The quantitative estimate of drug-likeness (QED) is 0.522. The molecule has 3 atom stereocenters. The van der Waals surface area contributed by atoms with Crippen LogP contribution in [-0.4, -0.2) is 59.0 Å². The van der Waals surface area contributed by atoms with E-state index in [1.807, 2.05) is 26.8 Å². The lowest BCUT2D eigenvalue weighted by atomic mass is 10.1. The standard InChI is InChI=1S/C22H32N4O5/c1-5-13(2)21(28)25-18-17-9-15(24-14(3)12-27)10-23-20(17)26(19(18)22(29)30-4)11-16-7-6-8-31-16/h9-10,13-14,16,24,27H,5-8,11-12H2,1-4H3,(H,25,28)/t13-,14-,16-/m0/s1. The van der Waals surface area contributed by atoms with E-state index in [1.165, 1.54) is 7.11 Å². The molecule has 0 unspecified atom stereocenters. The number of fused-ring (bicyclic) bond motifs is 1. The van der Waals surface area contributed by atoms with E-state index < -0.39 is 5.97 Å². The molecule has 3 N–H and O–H groups in total. The maximum absolute atomic E-state index is 12.8. The molecule has 0 aromatic carbocycles. The van der Waals surface area contributed by atoms with Gasteiger partial charge in [-0.3, -0.25) is 4.79 Å². The Morgan fingerprint density at radius 1 is 1.42 bits per heavy atom. The molecule has 1 amide bonds. The molecule has 0 aliphatic carbocycles. The Morgan fingerprint density at radius 2 is 2.19 bits per heavy atom. The Hall–Kier alpha value is -2.65. The van der Waals surface area contributed by atoms with Crippen LogP contribution in [0.25, 0.3) is 11.0 Å². The van der Waals surface area contributed by atoms with Crippen molar-refractivity contribution in [2.45, 2.75) is 58.7 Å². The number of carbonyl (C=O) groups excluding carboxylic acids is 2. The zero-order valence-corrected chi connectivity index (χ0v) is 18.6. The molecule has 1 aliphatic heterocycles. The predicted octanol–water partition coefficient (Wildman–Crippen LogP) is 2.78. The summed E-state index contributed by atoms with van der Waals surface area (Å²) in [5.74, 6) is -0.940. The number of esters is 1. The SMILES string of the molecule is CC[C@H](C)C(=O)Nc1c(C(=O)OC)n(C[C@@H]2CCCO2)c2ncc(N[C@@H](C)CO)cc12. The van der Waals surface area contributed by atoms with E-state index >= 15 is 0 Å². The van der Waals surface area contributed by atoms with Gasteiger partial charge in [0.2, 0.25) is 5.91 Å². The average Bonchev–Trinajstić information content (AvgIpc) is 3.39. The van der Waals surface area contributed by atoms with Crippen LogP contribution in [0.4, 0.5) is 11.4 Å². The summed E-state index contributed by atoms with van der Waals surface area (Å²) >= 11 is 0. The first-order valence-electron chi connectivity index (χ1n) is 10.8. The highest BCUT2D eigenvalue weighted by Gasteiger charge is 2.29. The lowest BCUT2D eigenvalue weighted by Gasteiger charge is -2.15. The number of ether oxygens (including phenoxy) is 2. The van der Waals surface area contributed by atoms with E-state index in [2.05, 4.69) is 15.6 Å². The fourth-order valence-corrected chi connectivity index (χ4v) is 3.67. The summed E-state index contributed by atoms with van der Waals surface area (Å²) in [5.41, 5.74) is 1.89. The topological polar surface area (TPSA) is 115 Å². The molecule has 0 spiro atoms. The highest BCUT2D eigenvalue weighted by Crippen LogP contribution is 2.34. The number of carbonyl (C=O) groups is 2. The Morgan fingerprint density at radius 3 is 2.81 bits per heavy atom. The van der Waals surface area contributed by atoms with E-state index in [0.29, 0.717) is 42.0 Å². The molecule has 9 nitrogen and oxygen atoms in total. The molecular formula is C22H32N4O5. The fraction of sp³-hybridized carbons (Fsp3) is 0.591. The third-order valence-electron chi connectivity index (χ3n) is 5.68. The Bertz CT molecular complexity index is 936. The van der Waals surface area contributed by atoms with Crippen molar-refractivity contribution in [3.8, 4) is 0 Å². The van der Waals surface area contributed by atoms with Crippen molar-refractivity contribution in [2.24, 2.45) is 5.92 Å². The van der Waals surface area contributed by atoms with Crippen LogP contribution in [0, 0.1) is 5.92 Å². The van der Waals surface area contributed by atoms with Gasteiger partial charge >= 0.3 is 5.97 Å². The lowest BCUT2D eigenvalue weighted by molar-refractivity contribution is -0.119. The molecule has 170 valence electrons. The highest BCUT2D eigenvalue weighted by molar-refractivity contribution is 6.11. The van der Waals surface area contributed by atoms with Crippen molar-refractivity contribution < 1.29 is 24.2 Å². The van der Waals surface area contributed by atoms with E-state index in [9.17, 15) is 14.7 Å². The number of hydrogen-bond acceptors (Lipinski definition) is 7. The molecule has 0 bridgehead atoms. The van der Waals surface area contributed by atoms with Crippen LogP contribution in [0.5, 0.6) is 0 Å². The number of aliphatic hydroxyl groups is 1. The molecule has 0 saturated carbocycles. The minimum Gasteiger partial charge on any atom is -0.464 e. The molecular weight excluding hydrogens is 400 g/mol. The van der Waals surface area contributed by atoms with Gasteiger partial charge in [0.1, 0.15) is 5.65 Å². The largest absolute Gasteiger partial charge is 0.464 e. The Balaban J connectivity index is 2.16. The van der Waals surface area contributed by atoms with Gasteiger partial charge < -0.3 is 29.8 Å². The monoisotopic (exact) mass is 432 g/mol. The molecule has 1 saturated heterocycles. The normalized spacial score (nSPS) is 18.0. The summed E-state index contributed by atoms with van der Waals surface area (Å²) in [5, 5.41) is 16.1. The lowest BCUT2D eigenvalue weighted by Crippen LogP contribution is -2.23. The number of hydrogen-bond donors (Lipinski definition) is 3. The fourth-order valence-electron chi connectivity index (χ4n) is 3.67. The van der Waals surface area contributed by atoms with E-state index in [4.69, 9.17) is 9.47 Å². The van der Waals surface area contributed by atoms with Crippen molar-refractivity contribution >= 4 is 34.3 Å². The van der Waals surface area contributed by atoms with Crippen LogP contribution in [0.1, 0.15) is 50.5 Å². The second-order valence-corrected chi connectivity index (χ2v) is 8.08. The van der Waals surface area contributed by atoms with E-state index in [-0.39, 0.29) is 36.3 Å². The number of aromatic nitrogens is 2. The van der Waals surface area contributed by atoms with Gasteiger partial charge in [-0.1, -0.05) is 13.8 Å². The third kappa shape index (κ3) is 4.99. The first-order valence-corrected chi connectivity index (χ1v) is 10.8. The summed E-state index contributed by atoms with van der Waals surface area (Å²) < 4.78 is 12.6.